The van der Waals surface area contributed by atoms with Gasteiger partial charge in [0.1, 0.15) is 5.82 Å². The molecule has 1 aliphatic heterocycles. The van der Waals surface area contributed by atoms with E-state index in [9.17, 15) is 5.11 Å². The van der Waals surface area contributed by atoms with Gasteiger partial charge in [0.25, 0.3) is 5.88 Å². The molecule has 164 valence electrons. The van der Waals surface area contributed by atoms with Gasteiger partial charge in [-0.1, -0.05) is 0 Å². The Hall–Kier alpha value is -3.85. The minimum atomic E-state index is 0.126. The van der Waals surface area contributed by atoms with Gasteiger partial charge >= 0.3 is 0 Å². The first-order chi connectivity index (χ1) is 15.7. The molecule has 5 heterocycles. The molecule has 0 amide bonds. The van der Waals surface area contributed by atoms with E-state index in [1.165, 1.54) is 0 Å². The predicted octanol–water partition coefficient (Wildman–Crippen LogP) is 2.61. The van der Waals surface area contributed by atoms with Gasteiger partial charge in [-0.2, -0.15) is 0 Å². The van der Waals surface area contributed by atoms with Crippen molar-refractivity contribution in [1.82, 2.24) is 24.8 Å². The summed E-state index contributed by atoms with van der Waals surface area (Å²) < 4.78 is 12.3. The zero-order valence-corrected chi connectivity index (χ0v) is 17.9. The van der Waals surface area contributed by atoms with E-state index in [4.69, 9.17) is 14.5 Å². The first-order valence-electron chi connectivity index (χ1n) is 10.4. The molecule has 0 unspecified atom stereocenters. The number of anilines is 1. The van der Waals surface area contributed by atoms with Gasteiger partial charge in [0.05, 0.1) is 42.7 Å². The Morgan fingerprint density at radius 1 is 1.00 bits per heavy atom. The quantitative estimate of drug-likeness (QED) is 0.497. The van der Waals surface area contributed by atoms with Gasteiger partial charge in [0, 0.05) is 44.1 Å². The third-order valence-corrected chi connectivity index (χ3v) is 5.62. The second-order valence-electron chi connectivity index (χ2n) is 7.50. The molecule has 9 heteroatoms. The van der Waals surface area contributed by atoms with E-state index in [1.54, 1.807) is 31.2 Å². The molecule has 32 heavy (non-hydrogen) atoms. The fourth-order valence-electron chi connectivity index (χ4n) is 3.91. The lowest BCUT2D eigenvalue weighted by Gasteiger charge is -2.28. The lowest BCUT2D eigenvalue weighted by Crippen LogP contribution is -2.43. The summed E-state index contributed by atoms with van der Waals surface area (Å²) in [5.74, 6) is 2.01. The van der Waals surface area contributed by atoms with Crippen LogP contribution in [-0.2, 0) is 0 Å². The Morgan fingerprint density at radius 3 is 2.56 bits per heavy atom. The Kier molecular flexibility index (Phi) is 5.24. The van der Waals surface area contributed by atoms with Crippen LogP contribution in [0.25, 0.3) is 27.8 Å². The van der Waals surface area contributed by atoms with Gasteiger partial charge in [-0.05, 0) is 30.3 Å². The van der Waals surface area contributed by atoms with Gasteiger partial charge in [-0.15, -0.1) is 0 Å². The SMILES string of the molecule is COc1cc(-c2ccc3c(O)n(-c4ccc(N5CCNCC5)nc4)cc3n2)cnc1OC. The number of nitrogens with zero attached hydrogens (tertiary/aromatic N) is 5. The van der Waals surface area contributed by atoms with Crippen molar-refractivity contribution >= 4 is 16.7 Å². The largest absolute Gasteiger partial charge is 0.494 e. The molecule has 0 radical (unpaired) electrons. The van der Waals surface area contributed by atoms with Crippen molar-refractivity contribution in [1.29, 1.82) is 0 Å². The molecule has 1 fully saturated rings. The summed E-state index contributed by atoms with van der Waals surface area (Å²) in [5, 5.41) is 14.8. The summed E-state index contributed by atoms with van der Waals surface area (Å²) in [6.07, 6.45) is 5.27. The second-order valence-corrected chi connectivity index (χ2v) is 7.50. The fourth-order valence-corrected chi connectivity index (χ4v) is 3.91. The number of hydrogen-bond acceptors (Lipinski definition) is 8. The van der Waals surface area contributed by atoms with Crippen LogP contribution >= 0.6 is 0 Å². The molecule has 0 spiro atoms. The van der Waals surface area contributed by atoms with Crippen molar-refractivity contribution in [3.05, 3.63) is 48.9 Å². The first-order valence-corrected chi connectivity index (χ1v) is 10.4. The number of nitrogens with one attached hydrogen (secondary N) is 1. The van der Waals surface area contributed by atoms with Crippen LogP contribution < -0.4 is 19.7 Å². The fraction of sp³-hybridized carbons (Fsp3) is 0.261. The molecular weight excluding hydrogens is 408 g/mol. The van der Waals surface area contributed by atoms with E-state index in [2.05, 4.69) is 20.2 Å². The maximum atomic E-state index is 10.8. The third kappa shape index (κ3) is 3.56. The van der Waals surface area contributed by atoms with E-state index in [0.717, 1.165) is 48.9 Å². The van der Waals surface area contributed by atoms with E-state index in [0.29, 0.717) is 22.5 Å². The number of fused-ring (bicyclic) bond motifs is 1. The minimum Gasteiger partial charge on any atom is -0.494 e. The number of methoxy groups -OCH3 is 2. The number of pyridine rings is 3. The molecule has 5 rings (SSSR count). The highest BCUT2D eigenvalue weighted by molar-refractivity contribution is 5.87. The Labute approximate surface area is 185 Å². The van der Waals surface area contributed by atoms with Crippen molar-refractivity contribution in [3.8, 4) is 34.5 Å². The smallest absolute Gasteiger partial charge is 0.256 e. The van der Waals surface area contributed by atoms with Crippen molar-refractivity contribution < 1.29 is 14.6 Å². The van der Waals surface area contributed by atoms with Crippen LogP contribution in [0.15, 0.2) is 48.9 Å². The summed E-state index contributed by atoms with van der Waals surface area (Å²) in [5.41, 5.74) is 2.95. The molecule has 0 atom stereocenters. The van der Waals surface area contributed by atoms with Crippen molar-refractivity contribution in [2.24, 2.45) is 0 Å². The van der Waals surface area contributed by atoms with Crippen LogP contribution in [0.3, 0.4) is 0 Å². The Morgan fingerprint density at radius 2 is 1.84 bits per heavy atom. The van der Waals surface area contributed by atoms with Gasteiger partial charge in [-0.25, -0.2) is 15.0 Å². The lowest BCUT2D eigenvalue weighted by atomic mass is 10.1. The third-order valence-electron chi connectivity index (χ3n) is 5.62. The van der Waals surface area contributed by atoms with Gasteiger partial charge < -0.3 is 24.8 Å². The Balaban J connectivity index is 1.48. The normalized spacial score (nSPS) is 14.0. The highest BCUT2D eigenvalue weighted by atomic mass is 16.5. The van der Waals surface area contributed by atoms with Gasteiger partial charge in [0.2, 0.25) is 5.88 Å². The standard InChI is InChI=1S/C23H24N6O3/c1-31-20-11-15(12-26-22(20)32-2)18-5-4-17-19(27-18)14-29(23(17)30)16-3-6-21(25-13-16)28-9-7-24-8-10-28/h3-6,11-14,24,30H,7-10H2,1-2H3. The zero-order valence-electron chi connectivity index (χ0n) is 17.9. The first kappa shape index (κ1) is 20.1. The zero-order chi connectivity index (χ0) is 22.1. The van der Waals surface area contributed by atoms with E-state index in [1.807, 2.05) is 36.5 Å². The summed E-state index contributed by atoms with van der Waals surface area (Å²) in [6, 6.07) is 9.47. The summed E-state index contributed by atoms with van der Waals surface area (Å²) in [7, 11) is 3.12. The molecule has 0 aliphatic carbocycles. The average Bonchev–Trinajstić information content (AvgIpc) is 3.20. The van der Waals surface area contributed by atoms with Gasteiger partial charge in [0.15, 0.2) is 5.75 Å². The summed E-state index contributed by atoms with van der Waals surface area (Å²) >= 11 is 0. The molecule has 9 nitrogen and oxygen atoms in total. The number of piperazine rings is 1. The van der Waals surface area contributed by atoms with Crippen LogP contribution in [0, 0.1) is 0 Å². The van der Waals surface area contributed by atoms with Crippen LogP contribution in [0.5, 0.6) is 17.5 Å². The highest BCUT2D eigenvalue weighted by Crippen LogP contribution is 2.33. The number of aromatic hydroxyl groups is 1. The van der Waals surface area contributed by atoms with E-state index >= 15 is 0 Å². The van der Waals surface area contributed by atoms with Crippen molar-refractivity contribution in [2.45, 2.75) is 0 Å². The van der Waals surface area contributed by atoms with Crippen molar-refractivity contribution in [2.75, 3.05) is 45.3 Å². The highest BCUT2D eigenvalue weighted by Gasteiger charge is 2.16. The topological polar surface area (TPSA) is 97.6 Å². The van der Waals surface area contributed by atoms with E-state index in [-0.39, 0.29) is 5.88 Å². The average molecular weight is 432 g/mol. The monoisotopic (exact) mass is 432 g/mol. The predicted molar refractivity (Wildman–Crippen MR) is 122 cm³/mol. The second kappa shape index (κ2) is 8.35. The Bertz CT molecular complexity index is 1250. The van der Waals surface area contributed by atoms with Crippen LogP contribution in [0.1, 0.15) is 0 Å². The molecule has 0 bridgehead atoms. The van der Waals surface area contributed by atoms with E-state index < -0.39 is 0 Å². The maximum absolute atomic E-state index is 10.8. The lowest BCUT2D eigenvalue weighted by molar-refractivity contribution is 0.343. The minimum absolute atomic E-state index is 0.126. The number of hydrogen-bond donors (Lipinski definition) is 2. The molecule has 4 aromatic rings. The molecule has 4 aromatic heterocycles. The molecule has 0 aromatic carbocycles. The maximum Gasteiger partial charge on any atom is 0.256 e. The van der Waals surface area contributed by atoms with Crippen molar-refractivity contribution in [3.63, 3.8) is 0 Å². The molecule has 0 saturated carbocycles. The summed E-state index contributed by atoms with van der Waals surface area (Å²) in [4.78, 5) is 15.9. The summed E-state index contributed by atoms with van der Waals surface area (Å²) in [6.45, 7) is 3.78. The molecule has 1 saturated heterocycles. The van der Waals surface area contributed by atoms with Crippen LogP contribution in [0.4, 0.5) is 5.82 Å². The molecular formula is C23H24N6O3. The van der Waals surface area contributed by atoms with Crippen LogP contribution in [-0.4, -0.2) is 65.0 Å². The van der Waals surface area contributed by atoms with Crippen LogP contribution in [0.2, 0.25) is 0 Å². The molecule has 1 aliphatic rings. The number of ether oxygens (including phenoxy) is 2. The van der Waals surface area contributed by atoms with Gasteiger partial charge in [-0.3, -0.25) is 4.57 Å². The number of rotatable bonds is 5. The number of aromatic nitrogens is 4. The molecule has 2 N–H and O–H groups in total.